The van der Waals surface area contributed by atoms with E-state index in [1.807, 2.05) is 0 Å². The fourth-order valence-corrected chi connectivity index (χ4v) is 3.45. The highest BCUT2D eigenvalue weighted by Crippen LogP contribution is 2.48. The zero-order valence-corrected chi connectivity index (χ0v) is 10.7. The number of nitrogens with zero attached hydrogens (tertiary/aromatic N) is 1. The van der Waals surface area contributed by atoms with E-state index >= 15 is 0 Å². The van der Waals surface area contributed by atoms with Crippen LogP contribution in [0.5, 0.6) is 0 Å². The van der Waals surface area contributed by atoms with Crippen LogP contribution in [0.2, 0.25) is 0 Å². The van der Waals surface area contributed by atoms with Gasteiger partial charge in [0.2, 0.25) is 0 Å². The van der Waals surface area contributed by atoms with E-state index in [2.05, 4.69) is 13.0 Å². The zero-order valence-electron chi connectivity index (χ0n) is 10.7. The summed E-state index contributed by atoms with van der Waals surface area (Å²) in [7, 11) is 0. The van der Waals surface area contributed by atoms with Crippen molar-refractivity contribution < 1.29 is 9.84 Å². The maximum Gasteiger partial charge on any atom is 0.0837 e. The molecule has 17 heavy (non-hydrogen) atoms. The Balaban J connectivity index is 2.05. The Morgan fingerprint density at radius 3 is 2.65 bits per heavy atom. The van der Waals surface area contributed by atoms with E-state index in [0.717, 1.165) is 51.7 Å². The lowest BCUT2D eigenvalue weighted by Gasteiger charge is -2.35. The summed E-state index contributed by atoms with van der Waals surface area (Å²) in [5, 5.41) is 20.0. The van der Waals surface area contributed by atoms with Gasteiger partial charge in [-0.15, -0.1) is 0 Å². The Morgan fingerprint density at radius 1 is 1.41 bits per heavy atom. The molecule has 2 rings (SSSR count). The summed E-state index contributed by atoms with van der Waals surface area (Å²) in [5.74, 6) is 0.892. The van der Waals surface area contributed by atoms with Gasteiger partial charge in [0, 0.05) is 13.2 Å². The van der Waals surface area contributed by atoms with Crippen molar-refractivity contribution in [3.63, 3.8) is 0 Å². The van der Waals surface area contributed by atoms with Gasteiger partial charge in [-0.1, -0.05) is 13.3 Å². The van der Waals surface area contributed by atoms with Crippen LogP contribution in [0, 0.1) is 28.6 Å². The smallest absolute Gasteiger partial charge is 0.0837 e. The summed E-state index contributed by atoms with van der Waals surface area (Å²) in [4.78, 5) is 0. The number of nitriles is 1. The molecule has 1 saturated heterocycles. The van der Waals surface area contributed by atoms with Crippen LogP contribution in [0.25, 0.3) is 0 Å². The van der Waals surface area contributed by atoms with Crippen LogP contribution in [-0.4, -0.2) is 24.4 Å². The second-order valence-corrected chi connectivity index (χ2v) is 5.68. The van der Waals surface area contributed by atoms with Crippen molar-refractivity contribution in [3.05, 3.63) is 0 Å². The third-order valence-corrected chi connectivity index (χ3v) is 4.73. The van der Waals surface area contributed by atoms with Crippen LogP contribution in [0.15, 0.2) is 0 Å². The van der Waals surface area contributed by atoms with Gasteiger partial charge in [-0.05, 0) is 43.9 Å². The van der Waals surface area contributed by atoms with Crippen LogP contribution in [0.1, 0.15) is 45.4 Å². The SMILES string of the molecule is CCC1CCC(C#N)(C(O)C2CCOCC2)C1. The van der Waals surface area contributed by atoms with Crippen molar-refractivity contribution in [1.82, 2.24) is 0 Å². The monoisotopic (exact) mass is 237 g/mol. The molecule has 3 heteroatoms. The zero-order chi connectivity index (χ0) is 12.3. The topological polar surface area (TPSA) is 53.2 Å². The minimum absolute atomic E-state index is 0.263. The fraction of sp³-hybridized carbons (Fsp3) is 0.929. The summed E-state index contributed by atoms with van der Waals surface area (Å²) >= 11 is 0. The number of aliphatic hydroxyl groups is 1. The first-order valence-electron chi connectivity index (χ1n) is 6.89. The minimum atomic E-state index is -0.470. The second-order valence-electron chi connectivity index (χ2n) is 5.68. The third-order valence-electron chi connectivity index (χ3n) is 4.73. The summed E-state index contributed by atoms with van der Waals surface area (Å²) in [6.45, 7) is 3.65. The van der Waals surface area contributed by atoms with Crippen molar-refractivity contribution in [2.24, 2.45) is 17.3 Å². The van der Waals surface area contributed by atoms with Crippen molar-refractivity contribution in [1.29, 1.82) is 5.26 Å². The first-order valence-corrected chi connectivity index (χ1v) is 6.89. The van der Waals surface area contributed by atoms with E-state index in [0.29, 0.717) is 5.92 Å². The van der Waals surface area contributed by atoms with E-state index < -0.39 is 11.5 Å². The first-order chi connectivity index (χ1) is 8.22. The van der Waals surface area contributed by atoms with Crippen molar-refractivity contribution in [2.75, 3.05) is 13.2 Å². The number of aliphatic hydroxyl groups excluding tert-OH is 1. The van der Waals surface area contributed by atoms with Gasteiger partial charge in [-0.3, -0.25) is 0 Å². The Kier molecular flexibility index (Phi) is 4.06. The van der Waals surface area contributed by atoms with Gasteiger partial charge in [-0.2, -0.15) is 5.26 Å². The molecule has 3 nitrogen and oxygen atoms in total. The van der Waals surface area contributed by atoms with Gasteiger partial charge < -0.3 is 9.84 Å². The van der Waals surface area contributed by atoms with E-state index in [1.54, 1.807) is 0 Å². The van der Waals surface area contributed by atoms with E-state index in [4.69, 9.17) is 4.74 Å². The van der Waals surface area contributed by atoms with Crippen molar-refractivity contribution >= 4 is 0 Å². The highest BCUT2D eigenvalue weighted by molar-refractivity contribution is 5.09. The first kappa shape index (κ1) is 12.9. The van der Waals surface area contributed by atoms with Crippen molar-refractivity contribution in [3.8, 4) is 6.07 Å². The predicted octanol–water partition coefficient (Wildman–Crippen LogP) is 2.49. The second kappa shape index (κ2) is 5.37. The number of hydrogen-bond acceptors (Lipinski definition) is 3. The Morgan fingerprint density at radius 2 is 2.12 bits per heavy atom. The van der Waals surface area contributed by atoms with Crippen LogP contribution >= 0.6 is 0 Å². The minimum Gasteiger partial charge on any atom is -0.391 e. The largest absolute Gasteiger partial charge is 0.391 e. The highest BCUT2D eigenvalue weighted by atomic mass is 16.5. The Hall–Kier alpha value is -0.590. The molecule has 0 bridgehead atoms. The molecule has 0 aromatic rings. The number of hydrogen-bond donors (Lipinski definition) is 1. The summed E-state index contributed by atoms with van der Waals surface area (Å²) < 4.78 is 5.33. The van der Waals surface area contributed by atoms with Crippen LogP contribution in [-0.2, 0) is 4.74 Å². The molecular weight excluding hydrogens is 214 g/mol. The molecule has 0 aromatic heterocycles. The van der Waals surface area contributed by atoms with Gasteiger partial charge in [0.1, 0.15) is 0 Å². The van der Waals surface area contributed by atoms with Crippen LogP contribution in [0.4, 0.5) is 0 Å². The molecule has 0 aromatic carbocycles. The van der Waals surface area contributed by atoms with Gasteiger partial charge in [-0.25, -0.2) is 0 Å². The molecule has 1 aliphatic heterocycles. The van der Waals surface area contributed by atoms with E-state index in [9.17, 15) is 10.4 Å². The quantitative estimate of drug-likeness (QED) is 0.820. The highest BCUT2D eigenvalue weighted by Gasteiger charge is 2.47. The Bertz CT molecular complexity index is 293. The molecule has 0 radical (unpaired) electrons. The molecule has 0 spiro atoms. The molecule has 2 aliphatic rings. The van der Waals surface area contributed by atoms with Gasteiger partial charge in [0.25, 0.3) is 0 Å². The van der Waals surface area contributed by atoms with E-state index in [1.165, 1.54) is 0 Å². The molecule has 1 heterocycles. The molecule has 0 amide bonds. The molecule has 1 saturated carbocycles. The maximum atomic E-state index is 10.6. The normalized spacial score (nSPS) is 36.6. The van der Waals surface area contributed by atoms with Crippen LogP contribution in [0.3, 0.4) is 0 Å². The van der Waals surface area contributed by atoms with Gasteiger partial charge >= 0.3 is 0 Å². The average Bonchev–Trinajstić information content (AvgIpc) is 2.84. The molecule has 2 fully saturated rings. The average molecular weight is 237 g/mol. The predicted molar refractivity (Wildman–Crippen MR) is 65.2 cm³/mol. The molecule has 3 unspecified atom stereocenters. The van der Waals surface area contributed by atoms with E-state index in [-0.39, 0.29) is 5.92 Å². The summed E-state index contributed by atoms with van der Waals surface area (Å²) in [6, 6.07) is 2.45. The summed E-state index contributed by atoms with van der Waals surface area (Å²) in [6.07, 6.45) is 5.35. The van der Waals surface area contributed by atoms with Gasteiger partial charge in [0.15, 0.2) is 0 Å². The lowest BCUT2D eigenvalue weighted by Crippen LogP contribution is -2.40. The number of ether oxygens (including phenoxy) is 1. The van der Waals surface area contributed by atoms with Crippen molar-refractivity contribution in [2.45, 2.75) is 51.6 Å². The lowest BCUT2D eigenvalue weighted by molar-refractivity contribution is -0.0376. The molecule has 3 atom stereocenters. The van der Waals surface area contributed by atoms with Crippen LogP contribution < -0.4 is 0 Å². The number of rotatable bonds is 3. The lowest BCUT2D eigenvalue weighted by atomic mass is 9.73. The molecule has 1 N–H and O–H groups in total. The van der Waals surface area contributed by atoms with Gasteiger partial charge in [0.05, 0.1) is 17.6 Å². The Labute approximate surface area is 104 Å². The molecule has 96 valence electrons. The molecule has 1 aliphatic carbocycles. The fourth-order valence-electron chi connectivity index (χ4n) is 3.45. The summed E-state index contributed by atoms with van der Waals surface area (Å²) in [5.41, 5.74) is -0.470. The molecular formula is C14H23NO2. The maximum absolute atomic E-state index is 10.6. The standard InChI is InChI=1S/C14H23NO2/c1-2-11-3-6-14(9-11,10-15)13(16)12-4-7-17-8-5-12/h11-13,16H,2-9H2,1H3. The third kappa shape index (κ3) is 2.48.